The summed E-state index contributed by atoms with van der Waals surface area (Å²) in [6, 6.07) is 22.2. The molecule has 1 aliphatic rings. The Kier molecular flexibility index (Phi) is 13.6. The first-order valence-electron chi connectivity index (χ1n) is 19.3. The zero-order chi connectivity index (χ0) is 38.7. The molecule has 1 atom stereocenters. The Bertz CT molecular complexity index is 1820. The standard InChI is InChI=1S/C45H56N4O5/c1-44(2,3)37-20-16-35(17-21-37)42(51)49-39(43(52)46-26-24-40(50)54-45(4,5)6)28-32-12-14-34(15-13-32)41-47-29-36(30-48-41)33-18-22-38(23-19-33)53-27-25-31-10-8-7-9-11-31/h12-23,29-31,39H,7-11,24-28H2,1-6H3,(H,46,52)(H,49,51)/t39-/m0/s1. The zero-order valence-electron chi connectivity index (χ0n) is 32.7. The molecule has 0 saturated heterocycles. The minimum Gasteiger partial charge on any atom is -0.494 e. The van der Waals surface area contributed by atoms with Gasteiger partial charge in [-0.1, -0.05) is 101 Å². The van der Waals surface area contributed by atoms with Crippen molar-refractivity contribution >= 4 is 17.8 Å². The van der Waals surface area contributed by atoms with E-state index in [4.69, 9.17) is 9.47 Å². The van der Waals surface area contributed by atoms with Crippen LogP contribution in [0, 0.1) is 5.92 Å². The molecule has 4 aromatic rings. The molecule has 9 heteroatoms. The lowest BCUT2D eigenvalue weighted by Gasteiger charge is -2.21. The lowest BCUT2D eigenvalue weighted by Crippen LogP contribution is -2.48. The average Bonchev–Trinajstić information content (AvgIpc) is 3.14. The summed E-state index contributed by atoms with van der Waals surface area (Å²) < 4.78 is 11.4. The van der Waals surface area contributed by atoms with E-state index >= 15 is 0 Å². The summed E-state index contributed by atoms with van der Waals surface area (Å²) in [4.78, 5) is 48.3. The van der Waals surface area contributed by atoms with Gasteiger partial charge in [-0.15, -0.1) is 0 Å². The van der Waals surface area contributed by atoms with E-state index in [-0.39, 0.29) is 36.6 Å². The molecule has 0 bridgehead atoms. The van der Waals surface area contributed by atoms with E-state index in [9.17, 15) is 14.4 Å². The Hall–Kier alpha value is -5.05. The summed E-state index contributed by atoms with van der Waals surface area (Å²) in [6.45, 7) is 12.6. The summed E-state index contributed by atoms with van der Waals surface area (Å²) in [5.41, 5.74) is 4.48. The fraction of sp³-hybridized carbons (Fsp3) is 0.444. The SMILES string of the molecule is CC(C)(C)OC(=O)CCNC(=O)[C@H](Cc1ccc(-c2ncc(-c3ccc(OCCC4CCCCC4)cc3)cn2)cc1)NC(=O)c1ccc(C(C)(C)C)cc1. The van der Waals surface area contributed by atoms with E-state index in [0.717, 1.165) is 52.5 Å². The number of nitrogens with one attached hydrogen (secondary N) is 2. The van der Waals surface area contributed by atoms with E-state index in [0.29, 0.717) is 11.4 Å². The van der Waals surface area contributed by atoms with Crippen molar-refractivity contribution < 1.29 is 23.9 Å². The molecule has 1 aliphatic carbocycles. The van der Waals surface area contributed by atoms with Crippen LogP contribution in [-0.2, 0) is 26.2 Å². The van der Waals surface area contributed by atoms with Gasteiger partial charge in [-0.3, -0.25) is 14.4 Å². The monoisotopic (exact) mass is 732 g/mol. The molecule has 1 heterocycles. The summed E-state index contributed by atoms with van der Waals surface area (Å²) in [5, 5.41) is 5.72. The van der Waals surface area contributed by atoms with Gasteiger partial charge in [0.1, 0.15) is 17.4 Å². The number of hydrogen-bond acceptors (Lipinski definition) is 7. The van der Waals surface area contributed by atoms with Crippen LogP contribution < -0.4 is 15.4 Å². The molecule has 0 radical (unpaired) electrons. The van der Waals surface area contributed by atoms with Crippen molar-refractivity contribution in [2.24, 2.45) is 5.92 Å². The highest BCUT2D eigenvalue weighted by Gasteiger charge is 2.24. The first kappa shape index (κ1) is 40.1. The molecular weight excluding hydrogens is 677 g/mol. The van der Waals surface area contributed by atoms with Crippen LogP contribution in [0.1, 0.15) is 108 Å². The third-order valence-electron chi connectivity index (χ3n) is 9.69. The fourth-order valence-corrected chi connectivity index (χ4v) is 6.59. The zero-order valence-corrected chi connectivity index (χ0v) is 32.7. The smallest absolute Gasteiger partial charge is 0.308 e. The minimum atomic E-state index is -0.881. The Labute approximate surface area is 320 Å². The second kappa shape index (κ2) is 18.3. The second-order valence-corrected chi connectivity index (χ2v) is 16.3. The molecule has 3 aromatic carbocycles. The Morgan fingerprint density at radius 3 is 2.02 bits per heavy atom. The van der Waals surface area contributed by atoms with Gasteiger partial charge in [0, 0.05) is 42.0 Å². The minimum absolute atomic E-state index is 0.0193. The molecule has 2 N–H and O–H groups in total. The fourth-order valence-electron chi connectivity index (χ4n) is 6.59. The van der Waals surface area contributed by atoms with Crippen molar-refractivity contribution in [2.75, 3.05) is 13.2 Å². The van der Waals surface area contributed by atoms with Crippen molar-refractivity contribution in [3.05, 3.63) is 102 Å². The molecule has 0 unspecified atom stereocenters. The van der Waals surface area contributed by atoms with Crippen molar-refractivity contribution in [3.8, 4) is 28.3 Å². The van der Waals surface area contributed by atoms with E-state index in [1.54, 1.807) is 32.9 Å². The van der Waals surface area contributed by atoms with Crippen LogP contribution in [0.15, 0.2) is 85.2 Å². The van der Waals surface area contributed by atoms with Gasteiger partial charge in [0.15, 0.2) is 5.82 Å². The highest BCUT2D eigenvalue weighted by atomic mass is 16.6. The van der Waals surface area contributed by atoms with Gasteiger partial charge >= 0.3 is 5.97 Å². The van der Waals surface area contributed by atoms with Crippen LogP contribution in [0.25, 0.3) is 22.5 Å². The van der Waals surface area contributed by atoms with E-state index in [1.165, 1.54) is 32.1 Å². The molecule has 9 nitrogen and oxygen atoms in total. The first-order chi connectivity index (χ1) is 25.7. The maximum atomic E-state index is 13.4. The molecule has 0 aliphatic heterocycles. The predicted molar refractivity (Wildman–Crippen MR) is 213 cm³/mol. The van der Waals surface area contributed by atoms with Crippen molar-refractivity contribution in [1.29, 1.82) is 0 Å². The van der Waals surface area contributed by atoms with E-state index in [2.05, 4.69) is 41.4 Å². The highest BCUT2D eigenvalue weighted by Crippen LogP contribution is 2.28. The summed E-state index contributed by atoms with van der Waals surface area (Å²) in [5.74, 6) is 1.10. The number of benzene rings is 3. The highest BCUT2D eigenvalue weighted by molar-refractivity contribution is 5.97. The lowest BCUT2D eigenvalue weighted by molar-refractivity contribution is -0.154. The van der Waals surface area contributed by atoms with Crippen molar-refractivity contribution in [1.82, 2.24) is 20.6 Å². The van der Waals surface area contributed by atoms with Gasteiger partial charge in [-0.2, -0.15) is 0 Å². The Morgan fingerprint density at radius 1 is 0.778 bits per heavy atom. The summed E-state index contributed by atoms with van der Waals surface area (Å²) >= 11 is 0. The van der Waals surface area contributed by atoms with Gasteiger partial charge in [0.2, 0.25) is 5.91 Å². The third-order valence-corrected chi connectivity index (χ3v) is 9.69. The van der Waals surface area contributed by atoms with Crippen LogP contribution in [-0.4, -0.2) is 52.5 Å². The second-order valence-electron chi connectivity index (χ2n) is 16.3. The summed E-state index contributed by atoms with van der Waals surface area (Å²) in [7, 11) is 0. The average molecular weight is 733 g/mol. The Morgan fingerprint density at radius 2 is 1.41 bits per heavy atom. The molecule has 286 valence electrons. The van der Waals surface area contributed by atoms with Crippen molar-refractivity contribution in [2.45, 2.75) is 110 Å². The number of aromatic nitrogens is 2. The maximum Gasteiger partial charge on any atom is 0.308 e. The van der Waals surface area contributed by atoms with E-state index < -0.39 is 17.6 Å². The van der Waals surface area contributed by atoms with Gasteiger partial charge in [0.25, 0.3) is 5.91 Å². The largest absolute Gasteiger partial charge is 0.494 e. The molecule has 0 spiro atoms. The number of hydrogen-bond donors (Lipinski definition) is 2. The third kappa shape index (κ3) is 12.3. The molecule has 5 rings (SSSR count). The van der Waals surface area contributed by atoms with Crippen LogP contribution in [0.4, 0.5) is 0 Å². The lowest BCUT2D eigenvalue weighted by atomic mass is 9.86. The van der Waals surface area contributed by atoms with Gasteiger partial charge in [0.05, 0.1) is 13.0 Å². The van der Waals surface area contributed by atoms with Crippen LogP contribution in [0.2, 0.25) is 0 Å². The van der Waals surface area contributed by atoms with Gasteiger partial charge < -0.3 is 20.1 Å². The predicted octanol–water partition coefficient (Wildman–Crippen LogP) is 8.65. The first-order valence-corrected chi connectivity index (χ1v) is 19.3. The Balaban J connectivity index is 1.20. The van der Waals surface area contributed by atoms with Gasteiger partial charge in [-0.05, 0) is 79.5 Å². The maximum absolute atomic E-state index is 13.4. The molecule has 1 aromatic heterocycles. The molecule has 1 fully saturated rings. The van der Waals surface area contributed by atoms with Crippen molar-refractivity contribution in [3.63, 3.8) is 0 Å². The van der Waals surface area contributed by atoms with Crippen LogP contribution in [0.3, 0.4) is 0 Å². The van der Waals surface area contributed by atoms with E-state index in [1.807, 2.05) is 73.1 Å². The molecule has 1 saturated carbocycles. The normalized spacial score (nSPS) is 14.2. The number of esters is 1. The number of rotatable bonds is 14. The summed E-state index contributed by atoms with van der Waals surface area (Å²) in [6.07, 6.45) is 11.7. The number of ether oxygens (including phenoxy) is 2. The van der Waals surface area contributed by atoms with Gasteiger partial charge in [-0.25, -0.2) is 9.97 Å². The molecule has 54 heavy (non-hydrogen) atoms. The molecular formula is C45H56N4O5. The van der Waals surface area contributed by atoms with Crippen LogP contribution in [0.5, 0.6) is 5.75 Å². The molecule has 2 amide bonds. The topological polar surface area (TPSA) is 120 Å². The number of nitrogens with zero attached hydrogens (tertiary/aromatic N) is 2. The number of amides is 2. The number of carbonyl (C=O) groups excluding carboxylic acids is 3. The quantitative estimate of drug-likeness (QED) is 0.125. The number of carbonyl (C=O) groups is 3. The van der Waals surface area contributed by atoms with Crippen LogP contribution >= 0.6 is 0 Å².